The van der Waals surface area contributed by atoms with Gasteiger partial charge < -0.3 is 19.9 Å². The Kier molecular flexibility index (Phi) is 5.67. The molecule has 138 valence electrons. The van der Waals surface area contributed by atoms with Crippen LogP contribution in [-0.2, 0) is 4.74 Å². The number of hydrogen-bond acceptors (Lipinski definition) is 5. The van der Waals surface area contributed by atoms with Crippen LogP contribution in [0.2, 0.25) is 0 Å². The molecular weight excluding hydrogens is 364 g/mol. The van der Waals surface area contributed by atoms with E-state index in [2.05, 4.69) is 44.8 Å². The first-order chi connectivity index (χ1) is 12.8. The van der Waals surface area contributed by atoms with E-state index in [0.717, 1.165) is 68.1 Å². The number of anilines is 1. The molecule has 0 saturated carbocycles. The summed E-state index contributed by atoms with van der Waals surface area (Å²) in [5.74, 6) is 0. The average molecular weight is 389 g/mol. The Balaban J connectivity index is 1.28. The lowest BCUT2D eigenvalue weighted by Gasteiger charge is -2.36. The molecule has 2 aliphatic rings. The van der Waals surface area contributed by atoms with E-state index in [1.54, 1.807) is 11.3 Å². The van der Waals surface area contributed by atoms with Gasteiger partial charge in [0, 0.05) is 50.3 Å². The Morgan fingerprint density at radius 2 is 2.04 bits per heavy atom. The summed E-state index contributed by atoms with van der Waals surface area (Å²) in [4.78, 5) is 9.44. The van der Waals surface area contributed by atoms with Gasteiger partial charge in [-0.1, -0.05) is 30.3 Å². The topological polar surface area (TPSA) is 40.6 Å². The molecule has 0 amide bonds. The zero-order chi connectivity index (χ0) is 17.8. The average Bonchev–Trinajstić information content (AvgIpc) is 3.39. The van der Waals surface area contributed by atoms with E-state index in [-0.39, 0.29) is 0 Å². The zero-order valence-electron chi connectivity index (χ0n) is 14.8. The summed E-state index contributed by atoms with van der Waals surface area (Å²) in [6.07, 6.45) is 2.62. The summed E-state index contributed by atoms with van der Waals surface area (Å²) in [7, 11) is 0. The minimum Gasteiger partial charge on any atom is -0.376 e. The molecule has 0 spiro atoms. The van der Waals surface area contributed by atoms with Crippen LogP contribution in [0, 0.1) is 0 Å². The second kappa shape index (κ2) is 8.33. The molecule has 1 N–H and O–H groups in total. The Labute approximate surface area is 164 Å². The minimum atomic E-state index is 0.320. The molecule has 2 aromatic rings. The molecule has 2 aliphatic heterocycles. The Bertz CT molecular complexity index is 722. The number of thiazole rings is 1. The summed E-state index contributed by atoms with van der Waals surface area (Å²) in [6, 6.07) is 10.4. The van der Waals surface area contributed by atoms with Crippen LogP contribution < -0.4 is 10.2 Å². The molecule has 0 bridgehead atoms. The van der Waals surface area contributed by atoms with Crippen LogP contribution in [0.15, 0.2) is 35.7 Å². The second-order valence-electron chi connectivity index (χ2n) is 6.68. The highest BCUT2D eigenvalue weighted by Gasteiger charge is 2.22. The third-order valence-electron chi connectivity index (χ3n) is 4.90. The second-order valence-corrected chi connectivity index (χ2v) is 7.90. The van der Waals surface area contributed by atoms with Gasteiger partial charge in [0.2, 0.25) is 0 Å². The van der Waals surface area contributed by atoms with Crippen LogP contribution in [-0.4, -0.2) is 60.4 Å². The van der Waals surface area contributed by atoms with Gasteiger partial charge in [-0.15, -0.1) is 11.3 Å². The molecule has 2 saturated heterocycles. The first kappa shape index (κ1) is 17.7. The molecule has 3 heterocycles. The van der Waals surface area contributed by atoms with Crippen molar-refractivity contribution < 1.29 is 4.74 Å². The highest BCUT2D eigenvalue weighted by molar-refractivity contribution is 7.80. The quantitative estimate of drug-likeness (QED) is 0.812. The summed E-state index contributed by atoms with van der Waals surface area (Å²) in [6.45, 7) is 5.46. The third kappa shape index (κ3) is 4.16. The van der Waals surface area contributed by atoms with Gasteiger partial charge in [-0.05, 0) is 25.1 Å². The number of nitrogens with zero attached hydrogens (tertiary/aromatic N) is 3. The molecule has 1 aromatic carbocycles. The lowest BCUT2D eigenvalue weighted by atomic mass is 10.2. The van der Waals surface area contributed by atoms with Crippen molar-refractivity contribution in [3.8, 4) is 11.3 Å². The van der Waals surface area contributed by atoms with Gasteiger partial charge in [-0.3, -0.25) is 0 Å². The predicted octanol–water partition coefficient (Wildman–Crippen LogP) is 2.99. The van der Waals surface area contributed by atoms with Crippen molar-refractivity contribution >= 4 is 33.8 Å². The van der Waals surface area contributed by atoms with Crippen LogP contribution >= 0.6 is 23.6 Å². The largest absolute Gasteiger partial charge is 0.376 e. The standard InChI is InChI=1S/C19H24N4OS2/c25-18(20-13-16-7-4-12-24-16)22-8-10-23(11-9-22)19-21-17(14-26-19)15-5-2-1-3-6-15/h1-3,5-6,14,16H,4,7-13H2,(H,20,25)/t16-/m1/s1. The van der Waals surface area contributed by atoms with Gasteiger partial charge in [0.1, 0.15) is 0 Å². The molecule has 1 aromatic heterocycles. The van der Waals surface area contributed by atoms with Crippen molar-refractivity contribution in [2.75, 3.05) is 44.2 Å². The fourth-order valence-electron chi connectivity index (χ4n) is 3.37. The highest BCUT2D eigenvalue weighted by Crippen LogP contribution is 2.27. The number of rotatable bonds is 4. The molecule has 2 fully saturated rings. The number of benzene rings is 1. The molecule has 0 unspecified atom stereocenters. The van der Waals surface area contributed by atoms with Crippen molar-refractivity contribution in [1.29, 1.82) is 0 Å². The van der Waals surface area contributed by atoms with E-state index in [1.165, 1.54) is 5.56 Å². The van der Waals surface area contributed by atoms with Gasteiger partial charge in [-0.25, -0.2) is 4.98 Å². The Morgan fingerprint density at radius 3 is 2.77 bits per heavy atom. The monoisotopic (exact) mass is 388 g/mol. The van der Waals surface area contributed by atoms with Crippen molar-refractivity contribution in [3.05, 3.63) is 35.7 Å². The van der Waals surface area contributed by atoms with E-state index >= 15 is 0 Å². The minimum absolute atomic E-state index is 0.320. The van der Waals surface area contributed by atoms with Crippen molar-refractivity contribution in [2.24, 2.45) is 0 Å². The van der Waals surface area contributed by atoms with Gasteiger partial charge >= 0.3 is 0 Å². The number of nitrogens with one attached hydrogen (secondary N) is 1. The number of aromatic nitrogens is 1. The maximum Gasteiger partial charge on any atom is 0.185 e. The number of hydrogen-bond donors (Lipinski definition) is 1. The summed E-state index contributed by atoms with van der Waals surface area (Å²) >= 11 is 7.28. The van der Waals surface area contributed by atoms with Gasteiger partial charge in [-0.2, -0.15) is 0 Å². The van der Waals surface area contributed by atoms with Crippen LogP contribution in [0.4, 0.5) is 5.13 Å². The van der Waals surface area contributed by atoms with Crippen LogP contribution in [0.25, 0.3) is 11.3 Å². The lowest BCUT2D eigenvalue weighted by Crippen LogP contribution is -2.52. The first-order valence-electron chi connectivity index (χ1n) is 9.20. The highest BCUT2D eigenvalue weighted by atomic mass is 32.1. The number of thiocarbonyl (C=S) groups is 1. The number of piperazine rings is 1. The Hall–Kier alpha value is -1.70. The predicted molar refractivity (Wildman–Crippen MR) is 111 cm³/mol. The fraction of sp³-hybridized carbons (Fsp3) is 0.474. The van der Waals surface area contributed by atoms with Gasteiger partial charge in [0.15, 0.2) is 10.2 Å². The van der Waals surface area contributed by atoms with E-state index in [0.29, 0.717) is 6.10 Å². The van der Waals surface area contributed by atoms with Crippen molar-refractivity contribution in [1.82, 2.24) is 15.2 Å². The Morgan fingerprint density at radius 1 is 1.23 bits per heavy atom. The lowest BCUT2D eigenvalue weighted by molar-refractivity contribution is 0.113. The summed E-state index contributed by atoms with van der Waals surface area (Å²) in [5.41, 5.74) is 2.23. The van der Waals surface area contributed by atoms with Crippen molar-refractivity contribution in [3.63, 3.8) is 0 Å². The van der Waals surface area contributed by atoms with E-state index < -0.39 is 0 Å². The molecular formula is C19H24N4OS2. The van der Waals surface area contributed by atoms with E-state index in [4.69, 9.17) is 21.9 Å². The maximum atomic E-state index is 5.65. The van der Waals surface area contributed by atoms with E-state index in [1.807, 2.05) is 6.07 Å². The molecule has 4 rings (SSSR count). The van der Waals surface area contributed by atoms with Crippen LogP contribution in [0.1, 0.15) is 12.8 Å². The van der Waals surface area contributed by atoms with Crippen LogP contribution in [0.5, 0.6) is 0 Å². The van der Waals surface area contributed by atoms with Crippen LogP contribution in [0.3, 0.4) is 0 Å². The third-order valence-corrected chi connectivity index (χ3v) is 6.21. The van der Waals surface area contributed by atoms with E-state index in [9.17, 15) is 0 Å². The fourth-order valence-corrected chi connectivity index (χ4v) is 4.52. The summed E-state index contributed by atoms with van der Waals surface area (Å²) in [5, 5.41) is 7.47. The molecule has 0 radical (unpaired) electrons. The maximum absolute atomic E-state index is 5.65. The zero-order valence-corrected chi connectivity index (χ0v) is 16.4. The van der Waals surface area contributed by atoms with Crippen molar-refractivity contribution in [2.45, 2.75) is 18.9 Å². The summed E-state index contributed by atoms with van der Waals surface area (Å²) < 4.78 is 5.65. The van der Waals surface area contributed by atoms with Gasteiger partial charge in [0.05, 0.1) is 11.8 Å². The number of ether oxygens (including phenoxy) is 1. The molecule has 1 atom stereocenters. The van der Waals surface area contributed by atoms with Gasteiger partial charge in [0.25, 0.3) is 0 Å². The first-order valence-corrected chi connectivity index (χ1v) is 10.5. The molecule has 26 heavy (non-hydrogen) atoms. The SMILES string of the molecule is S=C(NC[C@H]1CCCO1)N1CCN(c2nc(-c3ccccc3)cs2)CC1. The molecule has 0 aliphatic carbocycles. The normalized spacial score (nSPS) is 20.4. The molecule has 7 heteroatoms. The molecule has 5 nitrogen and oxygen atoms in total. The smallest absolute Gasteiger partial charge is 0.185 e.